The molecule has 5 nitrogen and oxygen atoms in total. The van der Waals surface area contributed by atoms with Crippen molar-refractivity contribution in [2.75, 3.05) is 6.54 Å². The molecule has 2 heterocycles. The van der Waals surface area contributed by atoms with Crippen LogP contribution in [0.2, 0.25) is 0 Å². The summed E-state index contributed by atoms with van der Waals surface area (Å²) in [7, 11) is 0. The Labute approximate surface area is 217 Å². The number of likely N-dealkylation sites (tertiary alicyclic amines) is 1. The molecule has 2 amide bonds. The molecule has 0 unspecified atom stereocenters. The fourth-order valence-corrected chi connectivity index (χ4v) is 3.69. The molecular weight excluding hydrogens is 475 g/mol. The molecule has 1 radical (unpaired) electrons. The van der Waals surface area contributed by atoms with Crippen LogP contribution in [0.5, 0.6) is 0 Å². The molecule has 1 aliphatic heterocycles. The predicted octanol–water partition coefficient (Wildman–Crippen LogP) is 4.23. The van der Waals surface area contributed by atoms with Crippen LogP contribution in [0.25, 0.3) is 0 Å². The third-order valence-electron chi connectivity index (χ3n) is 5.05. The summed E-state index contributed by atoms with van der Waals surface area (Å²) in [5, 5.41) is 2.81. The van der Waals surface area contributed by atoms with Crippen LogP contribution in [0, 0.1) is 12.7 Å². The number of nitrogens with zero attached hydrogens (tertiary/aromatic N) is 2. The van der Waals surface area contributed by atoms with E-state index >= 15 is 0 Å². The van der Waals surface area contributed by atoms with Gasteiger partial charge < -0.3 is 28.9 Å². The van der Waals surface area contributed by atoms with E-state index in [9.17, 15) is 9.59 Å². The molecule has 1 aromatic carbocycles. The maximum Gasteiger partial charge on any atom is 0.245 e. The quantitative estimate of drug-likeness (QED) is 0.347. The minimum Gasteiger partial charge on any atom is -0.394 e. The average molecular weight is 506 g/mol. The smallest absolute Gasteiger partial charge is 0.245 e. The number of rotatable bonds is 7. The minimum atomic E-state index is -0.680. The Morgan fingerprint density at radius 2 is 1.97 bits per heavy atom. The molecule has 6 heteroatoms. The van der Waals surface area contributed by atoms with Crippen molar-refractivity contribution in [3.05, 3.63) is 90.8 Å². The largest absolute Gasteiger partial charge is 0.394 e. The van der Waals surface area contributed by atoms with E-state index in [2.05, 4.69) is 16.4 Å². The van der Waals surface area contributed by atoms with Crippen LogP contribution in [0.1, 0.15) is 50.3 Å². The summed E-state index contributed by atoms with van der Waals surface area (Å²) in [4.78, 5) is 31.8. The average Bonchev–Trinajstić information content (AvgIpc) is 2.84. The molecule has 1 N–H and O–H groups in total. The first-order valence-corrected chi connectivity index (χ1v) is 10.9. The third-order valence-corrected chi connectivity index (χ3v) is 5.05. The van der Waals surface area contributed by atoms with Crippen molar-refractivity contribution in [3.63, 3.8) is 0 Å². The summed E-state index contributed by atoms with van der Waals surface area (Å²) >= 11 is 0. The molecule has 1 aliphatic rings. The number of allylic oxidation sites excluding steroid dienone is 2. The van der Waals surface area contributed by atoms with Gasteiger partial charge in [-0.1, -0.05) is 50.2 Å². The van der Waals surface area contributed by atoms with Gasteiger partial charge in [0.05, 0.1) is 6.04 Å². The molecule has 0 bridgehead atoms. The van der Waals surface area contributed by atoms with E-state index in [-0.39, 0.29) is 44.7 Å². The summed E-state index contributed by atoms with van der Waals surface area (Å²) in [6, 6.07) is 12.9. The molecule has 167 valence electrons. The summed E-state index contributed by atoms with van der Waals surface area (Å²) in [5.74, 6) is -0.551. The zero-order valence-electron chi connectivity index (χ0n) is 18.9. The van der Waals surface area contributed by atoms with Crippen molar-refractivity contribution in [1.29, 1.82) is 0 Å². The van der Waals surface area contributed by atoms with Crippen molar-refractivity contribution < 1.29 is 42.3 Å². The van der Waals surface area contributed by atoms with Crippen LogP contribution in [-0.4, -0.2) is 34.3 Å². The van der Waals surface area contributed by atoms with Gasteiger partial charge in [0.25, 0.3) is 0 Å². The SMILES string of the molecule is CC.[CH-]=CC=[C-]C(=O)N[C@@H](Cc1ccccc1)C(=O)N1CCCC[C@@H]1c1cccnc1.[Y]. The van der Waals surface area contributed by atoms with Gasteiger partial charge in [-0.3, -0.25) is 20.6 Å². The Bertz CT molecular complexity index is 856. The number of carbonyl (C=O) groups excluding carboxylic acids is 2. The number of aromatic nitrogens is 1. The van der Waals surface area contributed by atoms with E-state index in [4.69, 9.17) is 6.58 Å². The van der Waals surface area contributed by atoms with E-state index in [0.717, 1.165) is 30.4 Å². The van der Waals surface area contributed by atoms with Gasteiger partial charge in [-0.15, -0.1) is 0 Å². The first-order valence-electron chi connectivity index (χ1n) is 10.9. The Morgan fingerprint density at radius 3 is 2.62 bits per heavy atom. The number of benzene rings is 1. The second-order valence-corrected chi connectivity index (χ2v) is 7.05. The van der Waals surface area contributed by atoms with Gasteiger partial charge in [-0.05, 0) is 36.5 Å². The molecule has 0 spiro atoms. The number of hydrogen-bond acceptors (Lipinski definition) is 3. The predicted molar refractivity (Wildman–Crippen MR) is 123 cm³/mol. The van der Waals surface area contributed by atoms with Crippen molar-refractivity contribution in [1.82, 2.24) is 15.2 Å². The Morgan fingerprint density at radius 1 is 1.22 bits per heavy atom. The first-order chi connectivity index (χ1) is 15.2. The summed E-state index contributed by atoms with van der Waals surface area (Å²) in [6.45, 7) is 9.95. The summed E-state index contributed by atoms with van der Waals surface area (Å²) in [6.07, 6.45) is 11.9. The Hall–Kier alpha value is -2.11. The zero-order valence-corrected chi connectivity index (χ0v) is 21.7. The van der Waals surface area contributed by atoms with Gasteiger partial charge >= 0.3 is 0 Å². The van der Waals surface area contributed by atoms with E-state index < -0.39 is 11.9 Å². The third kappa shape index (κ3) is 8.44. The van der Waals surface area contributed by atoms with Gasteiger partial charge in [-0.2, -0.15) is 0 Å². The summed E-state index contributed by atoms with van der Waals surface area (Å²) in [5.41, 5.74) is 2.00. The molecule has 2 atom stereocenters. The number of nitrogens with one attached hydrogen (secondary N) is 1. The van der Waals surface area contributed by atoms with E-state index in [1.165, 1.54) is 12.2 Å². The van der Waals surface area contributed by atoms with Crippen molar-refractivity contribution >= 4 is 11.8 Å². The van der Waals surface area contributed by atoms with E-state index in [1.807, 2.05) is 67.4 Å². The topological polar surface area (TPSA) is 62.3 Å². The maximum atomic E-state index is 13.5. The second kappa shape index (κ2) is 15.7. The van der Waals surface area contributed by atoms with Gasteiger partial charge in [0.1, 0.15) is 11.9 Å². The van der Waals surface area contributed by atoms with Gasteiger partial charge in [-0.25, -0.2) is 0 Å². The second-order valence-electron chi connectivity index (χ2n) is 7.05. The van der Waals surface area contributed by atoms with Gasteiger partial charge in [0.2, 0.25) is 5.91 Å². The van der Waals surface area contributed by atoms with E-state index in [1.54, 1.807) is 6.20 Å². The Kier molecular flexibility index (Phi) is 13.7. The van der Waals surface area contributed by atoms with Gasteiger partial charge in [0.15, 0.2) is 0 Å². The van der Waals surface area contributed by atoms with Crippen LogP contribution in [0.3, 0.4) is 0 Å². The molecule has 1 saturated heterocycles. The fraction of sp³-hybridized carbons (Fsp3) is 0.346. The van der Waals surface area contributed by atoms with Crippen molar-refractivity contribution in [3.8, 4) is 0 Å². The van der Waals surface area contributed by atoms with Crippen LogP contribution < -0.4 is 5.32 Å². The standard InChI is InChI=1S/C24H25N3O2.C2H6.Y/c1-2-3-14-23(28)26-21(17-19-10-5-4-6-11-19)24(29)27-16-8-7-13-22(27)20-12-9-15-25-18-20;1-2;/h1-6,9-12,15,18,21-22H,7-8,13,16-17H2,(H,26,28);1-2H3;/q-2;;/t21-,22+;;/m0../s1. The molecular formula is C26H31N3O2Y-2. The van der Waals surface area contributed by atoms with E-state index in [0.29, 0.717) is 13.0 Å². The number of pyridine rings is 1. The molecule has 0 saturated carbocycles. The van der Waals surface area contributed by atoms with Crippen LogP contribution in [0.15, 0.2) is 67.0 Å². The van der Waals surface area contributed by atoms with Crippen LogP contribution in [0.4, 0.5) is 0 Å². The number of carbonyl (C=O) groups is 2. The minimum absolute atomic E-state index is 0. The maximum absolute atomic E-state index is 13.5. The number of piperidine rings is 1. The molecule has 2 aromatic rings. The summed E-state index contributed by atoms with van der Waals surface area (Å²) < 4.78 is 0. The monoisotopic (exact) mass is 506 g/mol. The first kappa shape index (κ1) is 27.9. The van der Waals surface area contributed by atoms with Crippen molar-refractivity contribution in [2.24, 2.45) is 0 Å². The normalized spacial score (nSPS) is 16.2. The van der Waals surface area contributed by atoms with Crippen molar-refractivity contribution in [2.45, 2.75) is 51.6 Å². The number of hydrogen-bond donors (Lipinski definition) is 1. The molecule has 32 heavy (non-hydrogen) atoms. The Balaban J connectivity index is 0.00000166. The molecule has 1 fully saturated rings. The molecule has 3 rings (SSSR count). The molecule has 1 aromatic heterocycles. The van der Waals surface area contributed by atoms with Crippen LogP contribution >= 0.6 is 0 Å². The molecule has 0 aliphatic carbocycles. The zero-order chi connectivity index (χ0) is 22.5. The van der Waals surface area contributed by atoms with Gasteiger partial charge in [0, 0.05) is 58.1 Å². The van der Waals surface area contributed by atoms with Crippen LogP contribution in [-0.2, 0) is 48.7 Å². The number of amides is 2. The fourth-order valence-electron chi connectivity index (χ4n) is 3.69.